The molecule has 8 heteroatoms. The standard InChI is InChI=1S/C26H20F3NO4/c1-14-6-7-17(12-15(14)2)23(32)21-22(16-4-3-5-20(31)13-16)30(25(34)24(21)33)19-10-8-18(9-11-19)26(27,28)29/h3-13,22,31-32H,1-2H3/b23-21-. The lowest BCUT2D eigenvalue weighted by molar-refractivity contribution is -0.137. The fraction of sp³-hybridized carbons (Fsp3) is 0.154. The number of Topliss-reactive ketones (excluding diaryl/α,β-unsaturated/α-hetero) is 1. The molecule has 1 aliphatic heterocycles. The van der Waals surface area contributed by atoms with Crippen LogP contribution in [0.5, 0.6) is 5.75 Å². The zero-order chi connectivity index (χ0) is 24.8. The van der Waals surface area contributed by atoms with E-state index >= 15 is 0 Å². The third kappa shape index (κ3) is 4.03. The van der Waals surface area contributed by atoms with E-state index < -0.39 is 35.2 Å². The summed E-state index contributed by atoms with van der Waals surface area (Å²) in [7, 11) is 0. The van der Waals surface area contributed by atoms with Crippen molar-refractivity contribution in [2.45, 2.75) is 26.1 Å². The number of aliphatic hydroxyl groups excluding tert-OH is 1. The van der Waals surface area contributed by atoms with E-state index in [1.165, 1.54) is 18.2 Å². The van der Waals surface area contributed by atoms with Gasteiger partial charge in [-0.15, -0.1) is 0 Å². The van der Waals surface area contributed by atoms with Crippen LogP contribution < -0.4 is 4.90 Å². The number of benzene rings is 3. The van der Waals surface area contributed by atoms with Crippen LogP contribution in [0, 0.1) is 13.8 Å². The average molecular weight is 467 g/mol. The number of amides is 1. The molecule has 34 heavy (non-hydrogen) atoms. The number of aromatic hydroxyl groups is 1. The SMILES string of the molecule is Cc1ccc(/C(O)=C2/C(=O)C(=O)N(c3ccc(C(F)(F)F)cc3)C2c2cccc(O)c2)cc1C. The average Bonchev–Trinajstić information content (AvgIpc) is 3.05. The van der Waals surface area contributed by atoms with Crippen LogP contribution in [0.4, 0.5) is 18.9 Å². The topological polar surface area (TPSA) is 77.8 Å². The summed E-state index contributed by atoms with van der Waals surface area (Å²) in [5, 5.41) is 21.1. The van der Waals surface area contributed by atoms with Gasteiger partial charge in [-0.1, -0.05) is 24.3 Å². The molecule has 3 aromatic carbocycles. The van der Waals surface area contributed by atoms with Crippen molar-refractivity contribution in [2.24, 2.45) is 0 Å². The smallest absolute Gasteiger partial charge is 0.416 e. The number of phenolic OH excluding ortho intramolecular Hbond substituents is 1. The molecule has 1 unspecified atom stereocenters. The van der Waals surface area contributed by atoms with E-state index in [2.05, 4.69) is 0 Å². The van der Waals surface area contributed by atoms with E-state index in [9.17, 15) is 33.0 Å². The molecule has 2 N–H and O–H groups in total. The van der Waals surface area contributed by atoms with Crippen LogP contribution >= 0.6 is 0 Å². The lowest BCUT2D eigenvalue weighted by Crippen LogP contribution is -2.29. The number of phenols is 1. The number of aliphatic hydroxyl groups is 1. The van der Waals surface area contributed by atoms with Gasteiger partial charge < -0.3 is 10.2 Å². The number of rotatable bonds is 3. The first-order valence-electron chi connectivity index (χ1n) is 10.3. The van der Waals surface area contributed by atoms with Gasteiger partial charge in [0, 0.05) is 11.3 Å². The molecular formula is C26H20F3NO4. The van der Waals surface area contributed by atoms with Crippen molar-refractivity contribution in [2.75, 3.05) is 4.90 Å². The molecule has 1 amide bonds. The van der Waals surface area contributed by atoms with Gasteiger partial charge in [0.15, 0.2) is 0 Å². The second-order valence-corrected chi connectivity index (χ2v) is 8.11. The molecule has 1 atom stereocenters. The van der Waals surface area contributed by atoms with E-state index in [-0.39, 0.29) is 17.0 Å². The minimum atomic E-state index is -4.57. The van der Waals surface area contributed by atoms with E-state index in [1.807, 2.05) is 13.8 Å². The van der Waals surface area contributed by atoms with Crippen molar-refractivity contribution in [1.29, 1.82) is 0 Å². The lowest BCUT2D eigenvalue weighted by Gasteiger charge is -2.26. The number of carbonyl (C=O) groups excluding carboxylic acids is 2. The number of hydrogen-bond acceptors (Lipinski definition) is 4. The van der Waals surface area contributed by atoms with Crippen molar-refractivity contribution in [1.82, 2.24) is 0 Å². The number of alkyl halides is 3. The van der Waals surface area contributed by atoms with Gasteiger partial charge >= 0.3 is 6.18 Å². The maximum Gasteiger partial charge on any atom is 0.416 e. The van der Waals surface area contributed by atoms with Gasteiger partial charge in [-0.25, -0.2) is 0 Å². The Kier molecular flexibility index (Phi) is 5.69. The van der Waals surface area contributed by atoms with E-state index in [4.69, 9.17) is 0 Å². The molecule has 1 saturated heterocycles. The molecule has 1 aliphatic rings. The summed E-state index contributed by atoms with van der Waals surface area (Å²) in [6.45, 7) is 3.72. The predicted octanol–water partition coefficient (Wildman–Crippen LogP) is 5.65. The Morgan fingerprint density at radius 1 is 0.912 bits per heavy atom. The quantitative estimate of drug-likeness (QED) is 0.296. The van der Waals surface area contributed by atoms with Crippen LogP contribution in [0.15, 0.2) is 72.3 Å². The van der Waals surface area contributed by atoms with Gasteiger partial charge in [0.1, 0.15) is 11.5 Å². The van der Waals surface area contributed by atoms with Gasteiger partial charge in [0.25, 0.3) is 11.7 Å². The summed E-state index contributed by atoms with van der Waals surface area (Å²) in [6, 6.07) is 13.5. The predicted molar refractivity (Wildman–Crippen MR) is 120 cm³/mol. The molecule has 3 aromatic rings. The molecule has 0 aliphatic carbocycles. The highest BCUT2D eigenvalue weighted by molar-refractivity contribution is 6.51. The molecular weight excluding hydrogens is 447 g/mol. The first-order valence-corrected chi connectivity index (χ1v) is 10.3. The molecule has 0 aromatic heterocycles. The van der Waals surface area contributed by atoms with Gasteiger partial charge in [0.2, 0.25) is 0 Å². The van der Waals surface area contributed by atoms with Crippen molar-refractivity contribution < 1.29 is 33.0 Å². The fourth-order valence-electron chi connectivity index (χ4n) is 3.96. The Morgan fingerprint density at radius 3 is 2.18 bits per heavy atom. The van der Waals surface area contributed by atoms with Crippen LogP contribution in [-0.4, -0.2) is 21.9 Å². The molecule has 1 heterocycles. The zero-order valence-corrected chi connectivity index (χ0v) is 18.2. The van der Waals surface area contributed by atoms with Crippen LogP contribution in [0.1, 0.15) is 33.9 Å². The molecule has 4 rings (SSSR count). The highest BCUT2D eigenvalue weighted by Gasteiger charge is 2.47. The van der Waals surface area contributed by atoms with Crippen LogP contribution in [0.25, 0.3) is 5.76 Å². The Bertz CT molecular complexity index is 1330. The van der Waals surface area contributed by atoms with Gasteiger partial charge in [-0.05, 0) is 73.0 Å². The maximum atomic E-state index is 13.1. The highest BCUT2D eigenvalue weighted by atomic mass is 19.4. The molecule has 0 radical (unpaired) electrons. The van der Waals surface area contributed by atoms with Crippen LogP contribution in [0.3, 0.4) is 0 Å². The summed E-state index contributed by atoms with van der Waals surface area (Å²) >= 11 is 0. The minimum Gasteiger partial charge on any atom is -0.508 e. The summed E-state index contributed by atoms with van der Waals surface area (Å²) in [4.78, 5) is 27.2. The van der Waals surface area contributed by atoms with Crippen LogP contribution in [-0.2, 0) is 15.8 Å². The lowest BCUT2D eigenvalue weighted by atomic mass is 9.94. The number of anilines is 1. The second-order valence-electron chi connectivity index (χ2n) is 8.11. The number of halogens is 3. The number of aryl methyl sites for hydroxylation is 2. The molecule has 0 spiro atoms. The maximum absolute atomic E-state index is 13.1. The minimum absolute atomic E-state index is 0.0441. The molecule has 0 bridgehead atoms. The van der Waals surface area contributed by atoms with E-state index in [1.54, 1.807) is 24.3 Å². The third-order valence-corrected chi connectivity index (χ3v) is 5.88. The highest BCUT2D eigenvalue weighted by Crippen LogP contribution is 2.43. The Hall–Kier alpha value is -4.07. The third-order valence-electron chi connectivity index (χ3n) is 5.88. The molecule has 5 nitrogen and oxygen atoms in total. The van der Waals surface area contributed by atoms with Gasteiger partial charge in [0.05, 0.1) is 17.2 Å². The monoisotopic (exact) mass is 467 g/mol. The van der Waals surface area contributed by atoms with Crippen molar-refractivity contribution in [3.8, 4) is 5.75 Å². The van der Waals surface area contributed by atoms with E-state index in [0.29, 0.717) is 11.1 Å². The first-order chi connectivity index (χ1) is 16.0. The largest absolute Gasteiger partial charge is 0.508 e. The second kappa shape index (κ2) is 8.37. The molecule has 1 fully saturated rings. The summed E-state index contributed by atoms with van der Waals surface area (Å²) in [6.07, 6.45) is -4.57. The zero-order valence-electron chi connectivity index (χ0n) is 18.2. The van der Waals surface area contributed by atoms with Crippen molar-refractivity contribution in [3.05, 3.63) is 100 Å². The number of carbonyl (C=O) groups is 2. The molecule has 174 valence electrons. The number of hydrogen-bond donors (Lipinski definition) is 2. The van der Waals surface area contributed by atoms with Crippen molar-refractivity contribution in [3.63, 3.8) is 0 Å². The van der Waals surface area contributed by atoms with Gasteiger partial charge in [-0.3, -0.25) is 14.5 Å². The Labute approximate surface area is 193 Å². The van der Waals surface area contributed by atoms with Gasteiger partial charge in [-0.2, -0.15) is 13.2 Å². The van der Waals surface area contributed by atoms with Crippen molar-refractivity contribution >= 4 is 23.1 Å². The normalized spacial score (nSPS) is 17.9. The number of nitrogens with zero attached hydrogens (tertiary/aromatic N) is 1. The Morgan fingerprint density at radius 2 is 1.59 bits per heavy atom. The fourth-order valence-corrected chi connectivity index (χ4v) is 3.96. The number of ketones is 1. The molecule has 0 saturated carbocycles. The van der Waals surface area contributed by atoms with Crippen LogP contribution in [0.2, 0.25) is 0 Å². The Balaban J connectivity index is 1.92. The summed E-state index contributed by atoms with van der Waals surface area (Å²) < 4.78 is 39.1. The summed E-state index contributed by atoms with van der Waals surface area (Å²) in [5.74, 6) is -2.53. The summed E-state index contributed by atoms with van der Waals surface area (Å²) in [5.41, 5.74) is 1.36. The van der Waals surface area contributed by atoms with E-state index in [0.717, 1.165) is 40.3 Å². The first kappa shape index (κ1) is 23.1.